The zero-order valence-corrected chi connectivity index (χ0v) is 19.8. The first-order valence-corrected chi connectivity index (χ1v) is 10.7. The summed E-state index contributed by atoms with van der Waals surface area (Å²) in [4.78, 5) is 21.9. The fourth-order valence-corrected chi connectivity index (χ4v) is 4.04. The van der Waals surface area contributed by atoms with Crippen molar-refractivity contribution in [2.24, 2.45) is 10.9 Å². The predicted octanol–water partition coefficient (Wildman–Crippen LogP) is 2.68. The number of amides is 1. The summed E-state index contributed by atoms with van der Waals surface area (Å²) in [6.45, 7) is 12.9. The van der Waals surface area contributed by atoms with Crippen LogP contribution in [0.5, 0.6) is 0 Å². The van der Waals surface area contributed by atoms with Crippen LogP contribution >= 0.6 is 24.0 Å². The first kappa shape index (κ1) is 24.5. The highest BCUT2D eigenvalue weighted by Crippen LogP contribution is 2.26. The predicted molar refractivity (Wildman–Crippen MR) is 124 cm³/mol. The van der Waals surface area contributed by atoms with E-state index in [1.54, 1.807) is 0 Å². The number of aliphatic imine (C=N–C) groups is 1. The molecule has 1 unspecified atom stereocenters. The number of hydrogen-bond acceptors (Lipinski definition) is 3. The van der Waals surface area contributed by atoms with E-state index in [1.165, 1.54) is 19.3 Å². The maximum Gasteiger partial charge on any atom is 0.225 e. The second-order valence-electron chi connectivity index (χ2n) is 7.54. The van der Waals surface area contributed by atoms with Gasteiger partial charge < -0.3 is 20.4 Å². The van der Waals surface area contributed by atoms with Crippen molar-refractivity contribution in [1.82, 2.24) is 20.4 Å². The molecule has 1 saturated heterocycles. The van der Waals surface area contributed by atoms with Crippen molar-refractivity contribution in [2.45, 2.75) is 65.3 Å². The molecule has 0 radical (unpaired) electrons. The van der Waals surface area contributed by atoms with Gasteiger partial charge in [-0.3, -0.25) is 9.79 Å². The Balaban J connectivity index is 0.00000364. The number of carbonyl (C=O) groups excluding carboxylic acids is 1. The maximum atomic E-state index is 12.7. The third-order valence-electron chi connectivity index (χ3n) is 5.72. The lowest BCUT2D eigenvalue weighted by Crippen LogP contribution is -2.46. The molecule has 1 saturated carbocycles. The molecule has 2 fully saturated rings. The number of nitrogens with one attached hydrogen (secondary N) is 2. The second-order valence-corrected chi connectivity index (χ2v) is 7.54. The Morgan fingerprint density at radius 3 is 2.44 bits per heavy atom. The van der Waals surface area contributed by atoms with Gasteiger partial charge in [0.15, 0.2) is 5.96 Å². The summed E-state index contributed by atoms with van der Waals surface area (Å²) in [5, 5.41) is 6.88. The monoisotopic (exact) mass is 493 g/mol. The molecule has 2 N–H and O–H groups in total. The smallest absolute Gasteiger partial charge is 0.225 e. The summed E-state index contributed by atoms with van der Waals surface area (Å²) in [7, 11) is 0. The van der Waals surface area contributed by atoms with Gasteiger partial charge in [0.05, 0.1) is 6.54 Å². The molecule has 0 spiro atoms. The van der Waals surface area contributed by atoms with E-state index in [0.29, 0.717) is 11.9 Å². The molecule has 158 valence electrons. The fourth-order valence-electron chi connectivity index (χ4n) is 4.04. The minimum Gasteiger partial charge on any atom is -0.357 e. The van der Waals surface area contributed by atoms with E-state index in [4.69, 9.17) is 4.99 Å². The van der Waals surface area contributed by atoms with Gasteiger partial charge in [-0.2, -0.15) is 0 Å². The van der Waals surface area contributed by atoms with E-state index in [9.17, 15) is 4.79 Å². The minimum atomic E-state index is 0. The van der Waals surface area contributed by atoms with Crippen molar-refractivity contribution < 1.29 is 4.79 Å². The molecule has 1 aliphatic heterocycles. The number of hydrogen-bond donors (Lipinski definition) is 2. The van der Waals surface area contributed by atoms with Crippen LogP contribution in [0.4, 0.5) is 0 Å². The number of likely N-dealkylation sites (tertiary alicyclic amines) is 1. The van der Waals surface area contributed by atoms with Crippen LogP contribution in [0.1, 0.15) is 59.3 Å². The summed E-state index contributed by atoms with van der Waals surface area (Å²) < 4.78 is 0. The first-order chi connectivity index (χ1) is 12.7. The number of rotatable bonds is 8. The van der Waals surface area contributed by atoms with Gasteiger partial charge in [0.25, 0.3) is 0 Å². The third kappa shape index (κ3) is 8.13. The summed E-state index contributed by atoms with van der Waals surface area (Å²) >= 11 is 0. The van der Waals surface area contributed by atoms with Gasteiger partial charge in [0.2, 0.25) is 5.91 Å². The minimum absolute atomic E-state index is 0. The number of nitrogens with zero attached hydrogens (tertiary/aromatic N) is 3. The molecule has 7 heteroatoms. The molecule has 1 heterocycles. The quantitative estimate of drug-likeness (QED) is 0.310. The first-order valence-electron chi connectivity index (χ1n) is 10.7. The van der Waals surface area contributed by atoms with Gasteiger partial charge in [-0.1, -0.05) is 33.1 Å². The molecular weight excluding hydrogens is 453 g/mol. The Kier molecular flexibility index (Phi) is 12.3. The summed E-state index contributed by atoms with van der Waals surface area (Å²) in [5.74, 6) is 1.55. The molecule has 27 heavy (non-hydrogen) atoms. The number of guanidine groups is 1. The summed E-state index contributed by atoms with van der Waals surface area (Å²) in [5.41, 5.74) is 0. The molecule has 2 aliphatic rings. The summed E-state index contributed by atoms with van der Waals surface area (Å²) in [6.07, 6.45) is 6.92. The standard InChI is InChI=1S/C20H39N5O.HI/c1-4-21-20(22-13-15-24(5-2)6-3)23-18-12-14-25(16-18)19(26)17-10-8-7-9-11-17;/h17-18H,4-16H2,1-3H3,(H2,21,22,23);1H. The zero-order valence-electron chi connectivity index (χ0n) is 17.5. The van der Waals surface area contributed by atoms with E-state index >= 15 is 0 Å². The molecule has 1 atom stereocenters. The lowest BCUT2D eigenvalue weighted by Gasteiger charge is -2.26. The lowest BCUT2D eigenvalue weighted by molar-refractivity contribution is -0.135. The van der Waals surface area contributed by atoms with Crippen molar-refractivity contribution in [2.75, 3.05) is 45.8 Å². The van der Waals surface area contributed by atoms with Crippen LogP contribution in [0.2, 0.25) is 0 Å². The Bertz CT molecular complexity index is 450. The molecule has 0 aromatic rings. The molecule has 0 aromatic heterocycles. The van der Waals surface area contributed by atoms with Gasteiger partial charge in [-0.05, 0) is 39.3 Å². The van der Waals surface area contributed by atoms with Crippen LogP contribution in [0, 0.1) is 5.92 Å². The van der Waals surface area contributed by atoms with Gasteiger partial charge >= 0.3 is 0 Å². The van der Waals surface area contributed by atoms with E-state index in [0.717, 1.165) is 71.0 Å². The molecule has 1 amide bonds. The Labute approximate surface area is 182 Å². The number of halogens is 1. The Morgan fingerprint density at radius 2 is 1.81 bits per heavy atom. The van der Waals surface area contributed by atoms with Gasteiger partial charge in [-0.25, -0.2) is 0 Å². The van der Waals surface area contributed by atoms with Crippen LogP contribution in [0.15, 0.2) is 4.99 Å². The third-order valence-corrected chi connectivity index (χ3v) is 5.72. The molecule has 2 rings (SSSR count). The largest absolute Gasteiger partial charge is 0.357 e. The maximum absolute atomic E-state index is 12.7. The molecule has 0 aromatic carbocycles. The van der Waals surface area contributed by atoms with Crippen LogP contribution in [0.3, 0.4) is 0 Å². The van der Waals surface area contributed by atoms with E-state index in [1.807, 2.05) is 0 Å². The van der Waals surface area contributed by atoms with Gasteiger partial charge in [0.1, 0.15) is 0 Å². The van der Waals surface area contributed by atoms with E-state index in [-0.39, 0.29) is 29.9 Å². The van der Waals surface area contributed by atoms with Crippen molar-refractivity contribution >= 4 is 35.8 Å². The topological polar surface area (TPSA) is 60.0 Å². The zero-order chi connectivity index (χ0) is 18.8. The molecular formula is C20H40IN5O. The van der Waals surface area contributed by atoms with Crippen molar-refractivity contribution in [3.05, 3.63) is 0 Å². The highest BCUT2D eigenvalue weighted by atomic mass is 127. The van der Waals surface area contributed by atoms with Gasteiger partial charge in [-0.15, -0.1) is 24.0 Å². The molecule has 0 bridgehead atoms. The van der Waals surface area contributed by atoms with Gasteiger partial charge in [0, 0.05) is 38.1 Å². The number of likely N-dealkylation sites (N-methyl/N-ethyl adjacent to an activating group) is 1. The van der Waals surface area contributed by atoms with E-state index in [2.05, 4.69) is 41.2 Å². The Hall–Kier alpha value is -0.570. The van der Waals surface area contributed by atoms with Crippen LogP contribution in [-0.4, -0.2) is 73.5 Å². The van der Waals surface area contributed by atoms with Crippen LogP contribution in [0.25, 0.3) is 0 Å². The highest BCUT2D eigenvalue weighted by Gasteiger charge is 2.31. The fraction of sp³-hybridized carbons (Fsp3) is 0.900. The average molecular weight is 493 g/mol. The highest BCUT2D eigenvalue weighted by molar-refractivity contribution is 14.0. The molecule has 1 aliphatic carbocycles. The second kappa shape index (κ2) is 13.6. The van der Waals surface area contributed by atoms with Crippen LogP contribution in [-0.2, 0) is 4.79 Å². The van der Waals surface area contributed by atoms with Crippen molar-refractivity contribution in [1.29, 1.82) is 0 Å². The normalized spacial score (nSPS) is 21.3. The van der Waals surface area contributed by atoms with Crippen molar-refractivity contribution in [3.63, 3.8) is 0 Å². The SMILES string of the molecule is CCNC(=NCCN(CC)CC)NC1CCN(C(=O)C2CCCCC2)C1.I. The van der Waals surface area contributed by atoms with Crippen molar-refractivity contribution in [3.8, 4) is 0 Å². The average Bonchev–Trinajstić information content (AvgIpc) is 3.14. The van der Waals surface area contributed by atoms with Crippen LogP contribution < -0.4 is 10.6 Å². The lowest BCUT2D eigenvalue weighted by atomic mass is 9.88. The molecule has 6 nitrogen and oxygen atoms in total. The van der Waals surface area contributed by atoms with E-state index < -0.39 is 0 Å². The summed E-state index contributed by atoms with van der Waals surface area (Å²) in [6, 6.07) is 0.314. The Morgan fingerprint density at radius 1 is 1.11 bits per heavy atom. The number of carbonyl (C=O) groups is 1.